The Hall–Kier alpha value is -4.51. The van der Waals surface area contributed by atoms with Gasteiger partial charge < -0.3 is 0 Å². The largest absolute Gasteiger partial charge is 0.298 e. The molecule has 0 saturated heterocycles. The third-order valence-electron chi connectivity index (χ3n) is 5.40. The first-order chi connectivity index (χ1) is 15.7. The monoisotopic (exact) mass is 412 g/mol. The van der Waals surface area contributed by atoms with E-state index < -0.39 is 0 Å². The molecule has 5 heteroatoms. The third kappa shape index (κ3) is 3.46. The van der Waals surface area contributed by atoms with E-state index in [0.717, 1.165) is 63.1 Å². The van der Waals surface area contributed by atoms with E-state index in [1.54, 1.807) is 0 Å². The van der Waals surface area contributed by atoms with Gasteiger partial charge in [-0.05, 0) is 72.4 Å². The zero-order chi connectivity index (χ0) is 21.5. The summed E-state index contributed by atoms with van der Waals surface area (Å²) >= 11 is 0. The highest BCUT2D eigenvalue weighted by molar-refractivity contribution is 6.32. The highest BCUT2D eigenvalue weighted by Gasteiger charge is 2.18. The van der Waals surface area contributed by atoms with Crippen molar-refractivity contribution in [1.82, 2.24) is 0 Å². The van der Waals surface area contributed by atoms with Crippen molar-refractivity contribution in [3.8, 4) is 0 Å². The molecule has 0 spiro atoms. The average Bonchev–Trinajstić information content (AvgIpc) is 3.59. The number of hydrogen-bond donors (Lipinski definition) is 0. The summed E-state index contributed by atoms with van der Waals surface area (Å²) in [4.78, 5) is 29.9. The van der Waals surface area contributed by atoms with Crippen LogP contribution < -0.4 is 0 Å². The normalized spacial score (nSPS) is 20.1. The Morgan fingerprint density at radius 1 is 0.531 bits per heavy atom. The average molecular weight is 412 g/mol. The number of rotatable bonds is 2. The first-order valence-electron chi connectivity index (χ1n) is 10.3. The predicted molar refractivity (Wildman–Crippen MR) is 129 cm³/mol. The molecule has 0 fully saturated rings. The van der Waals surface area contributed by atoms with Crippen molar-refractivity contribution in [2.24, 2.45) is 20.0 Å². The van der Waals surface area contributed by atoms with E-state index in [1.165, 1.54) is 0 Å². The lowest BCUT2D eigenvalue weighted by molar-refractivity contribution is 0.112. The number of nitrogens with zero attached hydrogens (tertiary/aromatic N) is 4. The number of aliphatic imine (C=N–C) groups is 4. The number of carbonyl (C=O) groups excluding carboxylic acids is 1. The summed E-state index contributed by atoms with van der Waals surface area (Å²) in [5.74, 6) is 0. The summed E-state index contributed by atoms with van der Waals surface area (Å²) in [6.45, 7) is 0. The van der Waals surface area contributed by atoms with Crippen LogP contribution in [-0.2, 0) is 0 Å². The van der Waals surface area contributed by atoms with Crippen LogP contribution in [0.2, 0.25) is 0 Å². The molecule has 1 aromatic carbocycles. The quantitative estimate of drug-likeness (QED) is 0.636. The Bertz CT molecular complexity index is 1440. The second-order valence-electron chi connectivity index (χ2n) is 7.68. The molecule has 5 aliphatic heterocycles. The molecule has 150 valence electrons. The van der Waals surface area contributed by atoms with Crippen LogP contribution in [0.3, 0.4) is 0 Å². The van der Waals surface area contributed by atoms with Crippen molar-refractivity contribution < 1.29 is 4.79 Å². The van der Waals surface area contributed by atoms with Gasteiger partial charge in [-0.25, -0.2) is 20.0 Å². The maximum Gasteiger partial charge on any atom is 0.150 e. The molecule has 0 saturated carbocycles. The molecule has 1 aromatic rings. The third-order valence-corrected chi connectivity index (χ3v) is 5.40. The Morgan fingerprint density at radius 2 is 1.06 bits per heavy atom. The van der Waals surface area contributed by atoms with Crippen LogP contribution in [-0.4, -0.2) is 29.1 Å². The standard InChI is InChI=1S/C27H16N4O/c32-16-17-1-3-18(4-2-17)26-14-25-13-23-8-7-21(29-23)11-19-5-6-20(28-19)12-22-9-10-24(30-22)15-27(26)31-25/h1-16H. The van der Waals surface area contributed by atoms with Gasteiger partial charge in [-0.2, -0.15) is 0 Å². The molecule has 5 aliphatic rings. The number of fused-ring (bicyclic) bond motifs is 4. The van der Waals surface area contributed by atoms with E-state index in [9.17, 15) is 4.79 Å². The van der Waals surface area contributed by atoms with Crippen LogP contribution in [0.5, 0.6) is 0 Å². The molecule has 6 rings (SSSR count). The topological polar surface area (TPSA) is 66.5 Å². The lowest BCUT2D eigenvalue weighted by Gasteiger charge is -2.04. The van der Waals surface area contributed by atoms with E-state index in [0.29, 0.717) is 5.56 Å². The van der Waals surface area contributed by atoms with Crippen LogP contribution in [0.15, 0.2) is 134 Å². The van der Waals surface area contributed by atoms with E-state index in [-0.39, 0.29) is 0 Å². The van der Waals surface area contributed by atoms with Crippen molar-refractivity contribution in [2.45, 2.75) is 0 Å². The molecule has 0 aromatic heterocycles. The summed E-state index contributed by atoms with van der Waals surface area (Å²) in [6, 6.07) is 7.50. The van der Waals surface area contributed by atoms with Crippen LogP contribution in [0.25, 0.3) is 5.57 Å². The second-order valence-corrected chi connectivity index (χ2v) is 7.68. The minimum atomic E-state index is 0.642. The molecule has 0 unspecified atom stereocenters. The van der Waals surface area contributed by atoms with Gasteiger partial charge >= 0.3 is 0 Å². The second kappa shape index (κ2) is 7.32. The fourth-order valence-electron chi connectivity index (χ4n) is 3.87. The summed E-state index contributed by atoms with van der Waals surface area (Å²) in [7, 11) is 0. The van der Waals surface area contributed by atoms with Gasteiger partial charge in [0.2, 0.25) is 0 Å². The van der Waals surface area contributed by atoms with Crippen molar-refractivity contribution >= 4 is 34.7 Å². The van der Waals surface area contributed by atoms with Crippen molar-refractivity contribution in [3.05, 3.63) is 125 Å². The number of benzene rings is 1. The van der Waals surface area contributed by atoms with Crippen molar-refractivity contribution in [1.29, 1.82) is 0 Å². The van der Waals surface area contributed by atoms with Gasteiger partial charge in [-0.3, -0.25) is 4.79 Å². The summed E-state index contributed by atoms with van der Waals surface area (Å²) < 4.78 is 0. The van der Waals surface area contributed by atoms with Gasteiger partial charge in [0.05, 0.1) is 45.6 Å². The van der Waals surface area contributed by atoms with Crippen LogP contribution in [0.4, 0.5) is 0 Å². The highest BCUT2D eigenvalue weighted by Crippen LogP contribution is 2.29. The number of allylic oxidation sites excluding steroid dienone is 12. The Balaban J connectivity index is 1.49. The SMILES string of the molecule is O=Cc1ccc(C2=CC3=CC4=NC(=CC5=NC(=CC6=NC(=CC2=N3)C=C6)C=C5)C=C4)cc1. The smallest absolute Gasteiger partial charge is 0.150 e. The molecule has 5 heterocycles. The molecule has 0 radical (unpaired) electrons. The van der Waals surface area contributed by atoms with E-state index in [2.05, 4.69) is 9.98 Å². The Kier molecular flexibility index (Phi) is 4.18. The minimum Gasteiger partial charge on any atom is -0.298 e. The molecule has 0 atom stereocenters. The maximum absolute atomic E-state index is 11.0. The Labute approximate surface area is 184 Å². The van der Waals surface area contributed by atoms with Gasteiger partial charge in [0, 0.05) is 11.1 Å². The fourth-order valence-corrected chi connectivity index (χ4v) is 3.87. The molecule has 8 bridgehead atoms. The van der Waals surface area contributed by atoms with Gasteiger partial charge in [0.1, 0.15) is 6.29 Å². The minimum absolute atomic E-state index is 0.642. The molecular weight excluding hydrogens is 396 g/mol. The summed E-state index contributed by atoms with van der Waals surface area (Å²) in [5, 5.41) is 0. The Morgan fingerprint density at radius 3 is 1.62 bits per heavy atom. The maximum atomic E-state index is 11.0. The predicted octanol–water partition coefficient (Wildman–Crippen LogP) is 4.92. The van der Waals surface area contributed by atoms with Gasteiger partial charge in [-0.15, -0.1) is 0 Å². The summed E-state index contributed by atoms with van der Waals surface area (Å²) in [5.41, 5.74) is 9.32. The summed E-state index contributed by atoms with van der Waals surface area (Å²) in [6.07, 6.45) is 22.6. The van der Waals surface area contributed by atoms with Crippen molar-refractivity contribution in [2.75, 3.05) is 0 Å². The number of aldehydes is 1. The van der Waals surface area contributed by atoms with Gasteiger partial charge in [-0.1, -0.05) is 24.3 Å². The highest BCUT2D eigenvalue weighted by atomic mass is 16.1. The first-order valence-corrected chi connectivity index (χ1v) is 10.3. The zero-order valence-electron chi connectivity index (χ0n) is 16.9. The van der Waals surface area contributed by atoms with Crippen LogP contribution in [0, 0.1) is 0 Å². The molecule has 5 nitrogen and oxygen atoms in total. The number of hydrogen-bond acceptors (Lipinski definition) is 5. The molecule has 0 aliphatic carbocycles. The van der Waals surface area contributed by atoms with Crippen molar-refractivity contribution in [3.63, 3.8) is 0 Å². The van der Waals surface area contributed by atoms with E-state index >= 15 is 0 Å². The van der Waals surface area contributed by atoms with Gasteiger partial charge in [0.25, 0.3) is 0 Å². The van der Waals surface area contributed by atoms with Crippen LogP contribution >= 0.6 is 0 Å². The molecular formula is C27H16N4O. The van der Waals surface area contributed by atoms with E-state index in [4.69, 9.17) is 9.98 Å². The fraction of sp³-hybridized carbons (Fsp3) is 0. The zero-order valence-corrected chi connectivity index (χ0v) is 16.9. The van der Waals surface area contributed by atoms with Crippen LogP contribution in [0.1, 0.15) is 15.9 Å². The molecule has 32 heavy (non-hydrogen) atoms. The first kappa shape index (κ1) is 18.3. The molecule has 0 amide bonds. The van der Waals surface area contributed by atoms with Gasteiger partial charge in [0.15, 0.2) is 0 Å². The van der Waals surface area contributed by atoms with E-state index in [1.807, 2.05) is 91.1 Å². The lowest BCUT2D eigenvalue weighted by atomic mass is 10.00. The molecule has 0 N–H and O–H groups in total. The number of carbonyl (C=O) groups is 1. The lowest BCUT2D eigenvalue weighted by Crippen LogP contribution is -1.96.